The Bertz CT molecular complexity index is 678. The van der Waals surface area contributed by atoms with Crippen LogP contribution in [0.1, 0.15) is 23.6 Å². The minimum absolute atomic E-state index is 0.173. The number of rotatable bonds is 5. The zero-order valence-corrected chi connectivity index (χ0v) is 13.2. The first kappa shape index (κ1) is 15.8. The smallest absolute Gasteiger partial charge is 0.259 e. The van der Waals surface area contributed by atoms with Crippen molar-refractivity contribution in [1.82, 2.24) is 5.43 Å². The van der Waals surface area contributed by atoms with E-state index in [4.69, 9.17) is 0 Å². The van der Waals surface area contributed by atoms with E-state index in [1.807, 2.05) is 56.3 Å². The standard InChI is InChI=1S/C18H21N3O/c1-13-9-10-17(14(2)11-13)15(3)20-21-18(22)12-19-16-7-5-4-6-8-16/h4-11,19H,12H2,1-3H3,(H,21,22)/b20-15+. The Morgan fingerprint density at radius 1 is 1.09 bits per heavy atom. The quantitative estimate of drug-likeness (QED) is 0.657. The molecule has 0 aliphatic carbocycles. The molecule has 2 aromatic rings. The predicted octanol–water partition coefficient (Wildman–Crippen LogP) is 3.26. The molecule has 2 aromatic carbocycles. The summed E-state index contributed by atoms with van der Waals surface area (Å²) in [6.07, 6.45) is 0. The summed E-state index contributed by atoms with van der Waals surface area (Å²) in [5, 5.41) is 7.22. The van der Waals surface area contributed by atoms with Crippen LogP contribution in [0.4, 0.5) is 5.69 Å². The van der Waals surface area contributed by atoms with E-state index in [0.717, 1.165) is 22.5 Å². The molecular weight excluding hydrogens is 274 g/mol. The topological polar surface area (TPSA) is 53.5 Å². The van der Waals surface area contributed by atoms with Gasteiger partial charge in [0.1, 0.15) is 0 Å². The highest BCUT2D eigenvalue weighted by Crippen LogP contribution is 2.11. The van der Waals surface area contributed by atoms with Crippen molar-refractivity contribution < 1.29 is 4.79 Å². The third-order valence-corrected chi connectivity index (χ3v) is 3.35. The zero-order valence-electron chi connectivity index (χ0n) is 13.2. The number of hydrazone groups is 1. The molecule has 22 heavy (non-hydrogen) atoms. The maximum absolute atomic E-state index is 11.8. The van der Waals surface area contributed by atoms with Gasteiger partial charge in [0, 0.05) is 11.3 Å². The van der Waals surface area contributed by atoms with Crippen LogP contribution in [-0.2, 0) is 4.79 Å². The van der Waals surface area contributed by atoms with Crippen molar-refractivity contribution in [2.24, 2.45) is 5.10 Å². The van der Waals surface area contributed by atoms with E-state index in [9.17, 15) is 4.79 Å². The van der Waals surface area contributed by atoms with Crippen LogP contribution in [0.15, 0.2) is 53.6 Å². The first-order valence-corrected chi connectivity index (χ1v) is 7.26. The predicted molar refractivity (Wildman–Crippen MR) is 91.2 cm³/mol. The van der Waals surface area contributed by atoms with Crippen molar-refractivity contribution in [3.05, 3.63) is 65.2 Å². The molecule has 0 heterocycles. The van der Waals surface area contributed by atoms with E-state index < -0.39 is 0 Å². The van der Waals surface area contributed by atoms with Gasteiger partial charge in [-0.2, -0.15) is 5.10 Å². The second-order valence-corrected chi connectivity index (χ2v) is 5.27. The Balaban J connectivity index is 1.91. The number of aryl methyl sites for hydroxylation is 2. The molecule has 0 unspecified atom stereocenters. The van der Waals surface area contributed by atoms with E-state index in [2.05, 4.69) is 28.8 Å². The molecule has 0 aromatic heterocycles. The lowest BCUT2D eigenvalue weighted by atomic mass is 10.0. The van der Waals surface area contributed by atoms with Gasteiger partial charge in [0.25, 0.3) is 5.91 Å². The molecule has 0 bridgehead atoms. The SMILES string of the molecule is C/C(=N\NC(=O)CNc1ccccc1)c1ccc(C)cc1C. The molecule has 1 amide bonds. The van der Waals surface area contributed by atoms with Crippen LogP contribution in [0.25, 0.3) is 0 Å². The third-order valence-electron chi connectivity index (χ3n) is 3.35. The highest BCUT2D eigenvalue weighted by Gasteiger charge is 2.04. The van der Waals surface area contributed by atoms with Crippen molar-refractivity contribution in [2.75, 3.05) is 11.9 Å². The highest BCUT2D eigenvalue weighted by atomic mass is 16.2. The number of benzene rings is 2. The Hall–Kier alpha value is -2.62. The molecule has 2 rings (SSSR count). The van der Waals surface area contributed by atoms with Crippen molar-refractivity contribution in [1.29, 1.82) is 0 Å². The average Bonchev–Trinajstić information content (AvgIpc) is 2.51. The molecule has 0 saturated heterocycles. The molecule has 0 spiro atoms. The molecule has 2 N–H and O–H groups in total. The van der Waals surface area contributed by atoms with Gasteiger partial charge in [-0.05, 0) is 38.5 Å². The first-order valence-electron chi connectivity index (χ1n) is 7.26. The number of carbonyl (C=O) groups excluding carboxylic acids is 1. The van der Waals surface area contributed by atoms with Crippen molar-refractivity contribution >= 4 is 17.3 Å². The molecule has 114 valence electrons. The Morgan fingerprint density at radius 3 is 2.50 bits per heavy atom. The molecule has 0 fully saturated rings. The number of carbonyl (C=O) groups is 1. The van der Waals surface area contributed by atoms with Crippen LogP contribution in [0.2, 0.25) is 0 Å². The minimum atomic E-state index is -0.173. The fraction of sp³-hybridized carbons (Fsp3) is 0.222. The molecule has 0 saturated carbocycles. The van der Waals surface area contributed by atoms with E-state index in [1.54, 1.807) is 0 Å². The largest absolute Gasteiger partial charge is 0.376 e. The molecule has 4 nitrogen and oxygen atoms in total. The summed E-state index contributed by atoms with van der Waals surface area (Å²) >= 11 is 0. The summed E-state index contributed by atoms with van der Waals surface area (Å²) in [6, 6.07) is 15.8. The van der Waals surface area contributed by atoms with Crippen molar-refractivity contribution in [2.45, 2.75) is 20.8 Å². The van der Waals surface area contributed by atoms with E-state index in [0.29, 0.717) is 0 Å². The summed E-state index contributed by atoms with van der Waals surface area (Å²) in [6.45, 7) is 6.18. The van der Waals surface area contributed by atoms with Gasteiger partial charge in [0.15, 0.2) is 0 Å². The van der Waals surface area contributed by atoms with E-state index in [1.165, 1.54) is 5.56 Å². The lowest BCUT2D eigenvalue weighted by Gasteiger charge is -2.08. The zero-order chi connectivity index (χ0) is 15.9. The van der Waals surface area contributed by atoms with Crippen molar-refractivity contribution in [3.63, 3.8) is 0 Å². The normalized spacial score (nSPS) is 11.1. The fourth-order valence-electron chi connectivity index (χ4n) is 2.20. The summed E-state index contributed by atoms with van der Waals surface area (Å²) in [5.41, 5.74) is 7.69. The van der Waals surface area contributed by atoms with Crippen LogP contribution in [0.5, 0.6) is 0 Å². The molecule has 0 atom stereocenters. The maximum Gasteiger partial charge on any atom is 0.259 e. The molecule has 0 aliphatic rings. The number of anilines is 1. The Morgan fingerprint density at radius 2 is 1.82 bits per heavy atom. The molecular formula is C18H21N3O. The second-order valence-electron chi connectivity index (χ2n) is 5.27. The maximum atomic E-state index is 11.8. The monoisotopic (exact) mass is 295 g/mol. The van der Waals surface area contributed by atoms with Gasteiger partial charge in [-0.3, -0.25) is 4.79 Å². The third kappa shape index (κ3) is 4.45. The first-order chi connectivity index (χ1) is 10.6. The summed E-state index contributed by atoms with van der Waals surface area (Å²) in [7, 11) is 0. The minimum Gasteiger partial charge on any atom is -0.376 e. The van der Waals surface area contributed by atoms with Crippen molar-refractivity contribution in [3.8, 4) is 0 Å². The fourth-order valence-corrected chi connectivity index (χ4v) is 2.20. The van der Waals surface area contributed by atoms with E-state index >= 15 is 0 Å². The van der Waals surface area contributed by atoms with Gasteiger partial charge in [0.2, 0.25) is 0 Å². The van der Waals surface area contributed by atoms with Crippen LogP contribution >= 0.6 is 0 Å². The lowest BCUT2D eigenvalue weighted by Crippen LogP contribution is -2.26. The van der Waals surface area contributed by atoms with Crippen LogP contribution in [0, 0.1) is 13.8 Å². The van der Waals surface area contributed by atoms with Gasteiger partial charge in [-0.25, -0.2) is 5.43 Å². The molecule has 0 radical (unpaired) electrons. The lowest BCUT2D eigenvalue weighted by molar-refractivity contribution is -0.119. The summed E-state index contributed by atoms with van der Waals surface area (Å²) < 4.78 is 0. The number of para-hydroxylation sites is 1. The molecule has 4 heteroatoms. The number of amides is 1. The number of nitrogens with one attached hydrogen (secondary N) is 2. The van der Waals surface area contributed by atoms with Gasteiger partial charge < -0.3 is 5.32 Å². The van der Waals surface area contributed by atoms with Crippen LogP contribution in [-0.4, -0.2) is 18.2 Å². The van der Waals surface area contributed by atoms with Crippen LogP contribution in [0.3, 0.4) is 0 Å². The number of nitrogens with zero attached hydrogens (tertiary/aromatic N) is 1. The van der Waals surface area contributed by atoms with Gasteiger partial charge in [0.05, 0.1) is 12.3 Å². The Kier molecular flexibility index (Phi) is 5.31. The van der Waals surface area contributed by atoms with E-state index in [-0.39, 0.29) is 12.5 Å². The Labute approximate surface area is 131 Å². The van der Waals surface area contributed by atoms with Gasteiger partial charge in [-0.15, -0.1) is 0 Å². The highest BCUT2D eigenvalue weighted by molar-refractivity contribution is 6.00. The van der Waals surface area contributed by atoms with Crippen LogP contribution < -0.4 is 10.7 Å². The number of hydrogen-bond acceptors (Lipinski definition) is 3. The van der Waals surface area contributed by atoms with Gasteiger partial charge in [-0.1, -0.05) is 42.0 Å². The average molecular weight is 295 g/mol. The summed E-state index contributed by atoms with van der Waals surface area (Å²) in [5.74, 6) is -0.173. The molecule has 0 aliphatic heterocycles. The summed E-state index contributed by atoms with van der Waals surface area (Å²) in [4.78, 5) is 11.8. The second kappa shape index (κ2) is 7.41. The number of hydrogen-bond donors (Lipinski definition) is 2. The van der Waals surface area contributed by atoms with Gasteiger partial charge >= 0.3 is 0 Å².